The smallest absolute Gasteiger partial charge is 0.252 e. The quantitative estimate of drug-likeness (QED) is 0.910. The van der Waals surface area contributed by atoms with E-state index in [-0.39, 0.29) is 12.1 Å². The highest BCUT2D eigenvalue weighted by Crippen LogP contribution is 2.33. The van der Waals surface area contributed by atoms with Crippen LogP contribution < -0.4 is 5.32 Å². The minimum atomic E-state index is -3.42. The summed E-state index contributed by atoms with van der Waals surface area (Å²) in [6.45, 7) is 6.93. The second kappa shape index (κ2) is 5.09. The summed E-state index contributed by atoms with van der Waals surface area (Å²) in [6.07, 6.45) is 0. The topological polar surface area (TPSA) is 49.4 Å². The maximum atomic E-state index is 12.6. The van der Waals surface area contributed by atoms with Gasteiger partial charge < -0.3 is 5.32 Å². The fourth-order valence-electron chi connectivity index (χ4n) is 2.04. The largest absolute Gasteiger partial charge is 0.311 e. The number of hydrogen-bond acceptors (Lipinski definition) is 4. The van der Waals surface area contributed by atoms with Crippen molar-refractivity contribution in [2.24, 2.45) is 0 Å². The Bertz CT molecular complexity index is 522. The fraction of sp³-hybridized carbons (Fsp3) is 0.636. The molecule has 0 bridgehead atoms. The molecule has 1 aliphatic heterocycles. The first-order valence-corrected chi connectivity index (χ1v) is 8.48. The third-order valence-electron chi connectivity index (χ3n) is 3.37. The predicted octanol–water partition coefficient (Wildman–Crippen LogP) is 2.08. The zero-order chi connectivity index (χ0) is 13.5. The van der Waals surface area contributed by atoms with E-state index in [0.29, 0.717) is 21.6 Å². The highest BCUT2D eigenvalue weighted by atomic mass is 35.5. The van der Waals surface area contributed by atoms with Crippen LogP contribution in [0.2, 0.25) is 4.34 Å². The summed E-state index contributed by atoms with van der Waals surface area (Å²) in [4.78, 5) is 0. The Hall–Kier alpha value is -0.140. The van der Waals surface area contributed by atoms with E-state index in [1.807, 2.05) is 20.8 Å². The second-order valence-electron chi connectivity index (χ2n) is 4.62. The highest BCUT2D eigenvalue weighted by Gasteiger charge is 2.35. The molecule has 1 N–H and O–H groups in total. The summed E-state index contributed by atoms with van der Waals surface area (Å²) in [5, 5.41) is 3.27. The molecule has 0 aliphatic carbocycles. The zero-order valence-electron chi connectivity index (χ0n) is 10.6. The maximum Gasteiger partial charge on any atom is 0.252 e. The van der Waals surface area contributed by atoms with Gasteiger partial charge in [-0.1, -0.05) is 11.6 Å². The Morgan fingerprint density at radius 1 is 1.50 bits per heavy atom. The molecule has 18 heavy (non-hydrogen) atoms. The summed E-state index contributed by atoms with van der Waals surface area (Å²) in [6, 6.07) is 1.76. The van der Waals surface area contributed by atoms with Gasteiger partial charge in [0.05, 0.1) is 4.34 Å². The van der Waals surface area contributed by atoms with Crippen LogP contribution >= 0.6 is 22.9 Å². The Kier molecular flexibility index (Phi) is 4.04. The number of nitrogens with one attached hydrogen (secondary N) is 1. The van der Waals surface area contributed by atoms with Crippen LogP contribution in [0.15, 0.2) is 10.3 Å². The molecule has 2 unspecified atom stereocenters. The summed E-state index contributed by atoms with van der Waals surface area (Å²) < 4.78 is 27.6. The first-order chi connectivity index (χ1) is 8.34. The van der Waals surface area contributed by atoms with Crippen LogP contribution in [0, 0.1) is 6.92 Å². The molecule has 2 atom stereocenters. The number of thiophene rings is 1. The molecule has 0 saturated carbocycles. The van der Waals surface area contributed by atoms with Gasteiger partial charge in [0.1, 0.15) is 4.21 Å². The Balaban J connectivity index is 2.36. The minimum absolute atomic E-state index is 0.0510. The van der Waals surface area contributed by atoms with E-state index in [0.717, 1.165) is 16.9 Å². The van der Waals surface area contributed by atoms with Gasteiger partial charge in [-0.15, -0.1) is 11.3 Å². The summed E-state index contributed by atoms with van der Waals surface area (Å²) in [5.41, 5.74) is 0.816. The van der Waals surface area contributed by atoms with Crippen molar-refractivity contribution in [1.29, 1.82) is 0 Å². The lowest BCUT2D eigenvalue weighted by molar-refractivity contribution is 0.233. The van der Waals surface area contributed by atoms with E-state index in [1.165, 1.54) is 0 Å². The van der Waals surface area contributed by atoms with Crippen molar-refractivity contribution in [3.8, 4) is 0 Å². The van der Waals surface area contributed by atoms with E-state index in [2.05, 4.69) is 5.32 Å². The van der Waals surface area contributed by atoms with Crippen LogP contribution in [0.1, 0.15) is 19.4 Å². The standard InChI is InChI=1S/C11H17ClN2O2S2/c1-7-6-10(17-11(7)12)18(15,16)14-5-4-13-8(2)9(14)3/h6,8-9,13H,4-5H2,1-3H3. The molecule has 1 fully saturated rings. The number of nitrogens with zero attached hydrogens (tertiary/aromatic N) is 1. The van der Waals surface area contributed by atoms with Gasteiger partial charge in [0.15, 0.2) is 0 Å². The van der Waals surface area contributed by atoms with E-state index >= 15 is 0 Å². The van der Waals surface area contributed by atoms with E-state index < -0.39 is 10.0 Å². The molecule has 102 valence electrons. The zero-order valence-corrected chi connectivity index (χ0v) is 13.0. The van der Waals surface area contributed by atoms with Gasteiger partial charge in [-0.05, 0) is 32.4 Å². The van der Waals surface area contributed by atoms with Crippen molar-refractivity contribution in [3.05, 3.63) is 16.0 Å². The third kappa shape index (κ3) is 2.44. The minimum Gasteiger partial charge on any atom is -0.311 e. The first kappa shape index (κ1) is 14.3. The number of rotatable bonds is 2. The lowest BCUT2D eigenvalue weighted by Crippen LogP contribution is -2.56. The fourth-order valence-corrected chi connectivity index (χ4v) is 5.58. The number of piperazine rings is 1. The average Bonchev–Trinajstić information content (AvgIpc) is 2.63. The number of sulfonamides is 1. The van der Waals surface area contributed by atoms with Gasteiger partial charge in [-0.2, -0.15) is 4.31 Å². The van der Waals surface area contributed by atoms with Crippen molar-refractivity contribution in [1.82, 2.24) is 9.62 Å². The van der Waals surface area contributed by atoms with Crippen molar-refractivity contribution >= 4 is 33.0 Å². The molecule has 1 saturated heterocycles. The SMILES string of the molecule is Cc1cc(S(=O)(=O)N2CCNC(C)C2C)sc1Cl. The Morgan fingerprint density at radius 2 is 2.17 bits per heavy atom. The Labute approximate surface area is 117 Å². The lowest BCUT2D eigenvalue weighted by Gasteiger charge is -2.37. The van der Waals surface area contributed by atoms with Gasteiger partial charge in [0, 0.05) is 25.2 Å². The van der Waals surface area contributed by atoms with Gasteiger partial charge >= 0.3 is 0 Å². The molecule has 2 heterocycles. The molecule has 0 spiro atoms. The van der Waals surface area contributed by atoms with Crippen molar-refractivity contribution in [3.63, 3.8) is 0 Å². The second-order valence-corrected chi connectivity index (χ2v) is 8.39. The molecular formula is C11H17ClN2O2S2. The molecule has 1 aliphatic rings. The first-order valence-electron chi connectivity index (χ1n) is 5.85. The summed E-state index contributed by atoms with van der Waals surface area (Å²) >= 11 is 7.10. The van der Waals surface area contributed by atoms with E-state index in [1.54, 1.807) is 10.4 Å². The number of hydrogen-bond donors (Lipinski definition) is 1. The van der Waals surface area contributed by atoms with Crippen LogP contribution in [0.25, 0.3) is 0 Å². The molecule has 4 nitrogen and oxygen atoms in total. The molecule has 1 aromatic rings. The van der Waals surface area contributed by atoms with Crippen LogP contribution in [-0.2, 0) is 10.0 Å². The monoisotopic (exact) mass is 308 g/mol. The Morgan fingerprint density at radius 3 is 2.72 bits per heavy atom. The highest BCUT2D eigenvalue weighted by molar-refractivity contribution is 7.91. The average molecular weight is 309 g/mol. The van der Waals surface area contributed by atoms with Crippen molar-refractivity contribution in [2.45, 2.75) is 37.1 Å². The number of aryl methyl sites for hydroxylation is 1. The van der Waals surface area contributed by atoms with Crippen molar-refractivity contribution < 1.29 is 8.42 Å². The van der Waals surface area contributed by atoms with E-state index in [9.17, 15) is 8.42 Å². The van der Waals surface area contributed by atoms with Gasteiger partial charge in [0.2, 0.25) is 0 Å². The van der Waals surface area contributed by atoms with Gasteiger partial charge in [-0.3, -0.25) is 0 Å². The summed E-state index contributed by atoms with van der Waals surface area (Å²) in [5.74, 6) is 0. The normalized spacial score (nSPS) is 26.4. The molecule has 0 radical (unpaired) electrons. The van der Waals surface area contributed by atoms with Crippen LogP contribution in [0.4, 0.5) is 0 Å². The third-order valence-corrected chi connectivity index (χ3v) is 7.36. The van der Waals surface area contributed by atoms with Crippen LogP contribution in [-0.4, -0.2) is 37.9 Å². The molecular weight excluding hydrogens is 292 g/mol. The molecule has 1 aromatic heterocycles. The molecule has 2 rings (SSSR count). The van der Waals surface area contributed by atoms with Gasteiger partial charge in [-0.25, -0.2) is 8.42 Å². The maximum absolute atomic E-state index is 12.6. The molecule has 0 amide bonds. The van der Waals surface area contributed by atoms with E-state index in [4.69, 9.17) is 11.6 Å². The molecule has 0 aromatic carbocycles. The van der Waals surface area contributed by atoms with Crippen molar-refractivity contribution in [2.75, 3.05) is 13.1 Å². The molecule has 7 heteroatoms. The number of halogens is 1. The van der Waals surface area contributed by atoms with Crippen LogP contribution in [0.5, 0.6) is 0 Å². The summed E-state index contributed by atoms with van der Waals surface area (Å²) in [7, 11) is -3.42. The van der Waals surface area contributed by atoms with Crippen LogP contribution in [0.3, 0.4) is 0 Å². The predicted molar refractivity (Wildman–Crippen MR) is 74.9 cm³/mol. The lowest BCUT2D eigenvalue weighted by atomic mass is 10.1. The van der Waals surface area contributed by atoms with Gasteiger partial charge in [0.25, 0.3) is 10.0 Å².